The first kappa shape index (κ1) is 15.1. The Morgan fingerprint density at radius 3 is 2.95 bits per heavy atom. The topological polar surface area (TPSA) is 50.7 Å². The summed E-state index contributed by atoms with van der Waals surface area (Å²) >= 11 is 7.78. The Bertz CT molecular complexity index is 908. The Kier molecular flexibility index (Phi) is 3.97. The molecule has 0 unspecified atom stereocenters. The molecule has 6 heteroatoms. The molecule has 0 aliphatic rings. The summed E-state index contributed by atoms with van der Waals surface area (Å²) in [6, 6.07) is 1.89. The number of nitrogens with zero attached hydrogens (tertiary/aromatic N) is 2. The number of hydrogen-bond donors (Lipinski definition) is 2. The van der Waals surface area contributed by atoms with Crippen LogP contribution in [0.4, 0.5) is 0 Å². The number of carbonyl (C=O) groups excluding carboxylic acids is 1. The van der Waals surface area contributed by atoms with Gasteiger partial charge in [0.05, 0.1) is 5.69 Å². The minimum Gasteiger partial charge on any atom is -0.345 e. The Morgan fingerprint density at radius 1 is 1.45 bits per heavy atom. The number of aromatic nitrogens is 3. The number of H-pyrrole nitrogens is 1. The predicted molar refractivity (Wildman–Crippen MR) is 95.5 cm³/mol. The number of fused-ring (bicyclic) bond motifs is 1. The minimum atomic E-state index is -0.0396. The van der Waals surface area contributed by atoms with E-state index in [-0.39, 0.29) is 5.78 Å². The molecule has 22 heavy (non-hydrogen) atoms. The van der Waals surface area contributed by atoms with Crippen molar-refractivity contribution in [2.75, 3.05) is 0 Å². The fourth-order valence-corrected chi connectivity index (χ4v) is 3.16. The molecule has 0 bridgehead atoms. The highest BCUT2D eigenvalue weighted by Crippen LogP contribution is 2.26. The van der Waals surface area contributed by atoms with Crippen molar-refractivity contribution in [3.8, 4) is 0 Å². The third-order valence-corrected chi connectivity index (χ3v) is 4.36. The Hall–Kier alpha value is -1.79. The van der Waals surface area contributed by atoms with Crippen LogP contribution in [0.25, 0.3) is 17.1 Å². The summed E-state index contributed by atoms with van der Waals surface area (Å²) in [5.74, 6) is -0.0396. The molecule has 4 nitrogen and oxygen atoms in total. The van der Waals surface area contributed by atoms with E-state index in [9.17, 15) is 4.79 Å². The van der Waals surface area contributed by atoms with Crippen molar-refractivity contribution in [3.63, 3.8) is 0 Å². The first-order valence-electron chi connectivity index (χ1n) is 6.74. The number of thiol groups is 1. The van der Waals surface area contributed by atoms with E-state index < -0.39 is 0 Å². The molecule has 3 heterocycles. The zero-order valence-corrected chi connectivity index (χ0v) is 14.6. The Balaban J connectivity index is 2.14. The van der Waals surface area contributed by atoms with Crippen LogP contribution < -0.4 is 0 Å². The molecule has 0 aromatic carbocycles. The second kappa shape index (κ2) is 5.78. The van der Waals surface area contributed by atoms with E-state index in [1.54, 1.807) is 22.6 Å². The van der Waals surface area contributed by atoms with Gasteiger partial charge in [-0.3, -0.25) is 8.77 Å². The molecule has 0 saturated carbocycles. The fraction of sp³-hybridized carbons (Fsp3) is 0.125. The SMILES string of the molecule is C/C=C\c1c(C)c(C(=O)c2c[nH]c3ncc(Br)cc23)cn1S. The summed E-state index contributed by atoms with van der Waals surface area (Å²) in [6.45, 7) is 3.86. The van der Waals surface area contributed by atoms with Gasteiger partial charge in [-0.2, -0.15) is 0 Å². The summed E-state index contributed by atoms with van der Waals surface area (Å²) in [4.78, 5) is 20.2. The van der Waals surface area contributed by atoms with Gasteiger partial charge < -0.3 is 4.98 Å². The van der Waals surface area contributed by atoms with Gasteiger partial charge in [-0.1, -0.05) is 18.9 Å². The van der Waals surface area contributed by atoms with E-state index in [2.05, 4.69) is 38.7 Å². The summed E-state index contributed by atoms with van der Waals surface area (Å²) in [6.07, 6.45) is 9.02. The van der Waals surface area contributed by atoms with Crippen LogP contribution in [0.15, 0.2) is 35.2 Å². The van der Waals surface area contributed by atoms with Crippen molar-refractivity contribution in [3.05, 3.63) is 57.6 Å². The maximum absolute atomic E-state index is 12.9. The lowest BCUT2D eigenvalue weighted by Crippen LogP contribution is -2.01. The van der Waals surface area contributed by atoms with E-state index in [1.165, 1.54) is 0 Å². The molecule has 0 aliphatic carbocycles. The van der Waals surface area contributed by atoms with Crippen LogP contribution in [0.5, 0.6) is 0 Å². The highest BCUT2D eigenvalue weighted by molar-refractivity contribution is 9.10. The molecule has 0 spiro atoms. The molecular weight excluding hydrogens is 362 g/mol. The van der Waals surface area contributed by atoms with Crippen molar-refractivity contribution < 1.29 is 4.79 Å². The van der Waals surface area contributed by atoms with Crippen LogP contribution in [-0.2, 0) is 0 Å². The lowest BCUT2D eigenvalue weighted by atomic mass is 10.0. The maximum Gasteiger partial charge on any atom is 0.197 e. The Labute approximate surface area is 141 Å². The summed E-state index contributed by atoms with van der Waals surface area (Å²) in [7, 11) is 0. The van der Waals surface area contributed by atoms with Crippen LogP contribution in [0.1, 0.15) is 34.1 Å². The van der Waals surface area contributed by atoms with Crippen molar-refractivity contribution >= 4 is 51.6 Å². The van der Waals surface area contributed by atoms with E-state index in [0.717, 1.165) is 21.1 Å². The third kappa shape index (κ3) is 2.42. The number of ketones is 1. The highest BCUT2D eigenvalue weighted by Gasteiger charge is 2.20. The van der Waals surface area contributed by atoms with Crippen molar-refractivity contribution in [2.24, 2.45) is 0 Å². The molecule has 0 saturated heterocycles. The van der Waals surface area contributed by atoms with Crippen LogP contribution in [0, 0.1) is 6.92 Å². The minimum absolute atomic E-state index is 0.0396. The molecule has 0 amide bonds. The van der Waals surface area contributed by atoms with E-state index >= 15 is 0 Å². The largest absolute Gasteiger partial charge is 0.345 e. The number of nitrogens with one attached hydrogen (secondary N) is 1. The second-order valence-electron chi connectivity index (χ2n) is 4.98. The van der Waals surface area contributed by atoms with Gasteiger partial charge in [0.1, 0.15) is 5.65 Å². The van der Waals surface area contributed by atoms with Crippen LogP contribution in [0.2, 0.25) is 0 Å². The third-order valence-electron chi connectivity index (χ3n) is 3.60. The quantitative estimate of drug-likeness (QED) is 0.526. The number of rotatable bonds is 3. The molecule has 3 aromatic heterocycles. The number of pyridine rings is 1. The van der Waals surface area contributed by atoms with Crippen LogP contribution in [-0.4, -0.2) is 19.7 Å². The van der Waals surface area contributed by atoms with Crippen LogP contribution >= 0.6 is 28.7 Å². The van der Waals surface area contributed by atoms with Gasteiger partial charge >= 0.3 is 0 Å². The lowest BCUT2D eigenvalue weighted by molar-refractivity contribution is 0.104. The van der Waals surface area contributed by atoms with E-state index in [0.29, 0.717) is 16.8 Å². The zero-order valence-electron chi connectivity index (χ0n) is 12.1. The van der Waals surface area contributed by atoms with Crippen molar-refractivity contribution in [1.82, 2.24) is 13.9 Å². The smallest absolute Gasteiger partial charge is 0.197 e. The standard InChI is InChI=1S/C16H14BrN3OS/c1-3-4-14-9(2)13(8-20(14)22)15(21)12-7-19-16-11(12)5-10(17)6-18-16/h3-8,22H,1-2H3,(H,18,19)/b4-3-. The summed E-state index contributed by atoms with van der Waals surface area (Å²) in [5, 5.41) is 0.804. The maximum atomic E-state index is 12.9. The molecule has 0 aliphatic heterocycles. The molecule has 3 aromatic rings. The summed E-state index contributed by atoms with van der Waals surface area (Å²) in [5.41, 5.74) is 3.77. The first-order valence-corrected chi connectivity index (χ1v) is 7.93. The van der Waals surface area contributed by atoms with Gasteiger partial charge in [0.2, 0.25) is 0 Å². The highest BCUT2D eigenvalue weighted by atomic mass is 79.9. The molecule has 0 radical (unpaired) electrons. The average molecular weight is 376 g/mol. The summed E-state index contributed by atoms with van der Waals surface area (Å²) < 4.78 is 2.51. The van der Waals surface area contributed by atoms with Crippen LogP contribution in [0.3, 0.4) is 0 Å². The van der Waals surface area contributed by atoms with Crippen molar-refractivity contribution in [1.29, 1.82) is 0 Å². The average Bonchev–Trinajstić information content (AvgIpc) is 3.02. The van der Waals surface area contributed by atoms with Gasteiger partial charge in [-0.25, -0.2) is 4.98 Å². The molecule has 0 fully saturated rings. The lowest BCUT2D eigenvalue weighted by Gasteiger charge is -1.99. The van der Waals surface area contributed by atoms with E-state index in [4.69, 9.17) is 0 Å². The Morgan fingerprint density at radius 2 is 2.23 bits per heavy atom. The van der Waals surface area contributed by atoms with Gasteiger partial charge in [-0.05, 0) is 47.5 Å². The predicted octanol–water partition coefficient (Wildman–Crippen LogP) is 4.39. The second-order valence-corrected chi connectivity index (χ2v) is 6.33. The van der Waals surface area contributed by atoms with Gasteiger partial charge in [0, 0.05) is 39.6 Å². The fourth-order valence-electron chi connectivity index (χ4n) is 2.50. The number of aromatic amines is 1. The number of carbonyl (C=O) groups is 1. The molecular formula is C16H14BrN3OS. The van der Waals surface area contributed by atoms with Gasteiger partial charge in [-0.15, -0.1) is 0 Å². The van der Waals surface area contributed by atoms with Crippen molar-refractivity contribution in [2.45, 2.75) is 13.8 Å². The number of halogens is 1. The zero-order chi connectivity index (χ0) is 15.9. The normalized spacial score (nSPS) is 11.6. The monoisotopic (exact) mass is 375 g/mol. The first-order chi connectivity index (χ1) is 10.5. The molecule has 3 rings (SSSR count). The van der Waals surface area contributed by atoms with Gasteiger partial charge in [0.15, 0.2) is 5.78 Å². The van der Waals surface area contributed by atoms with Gasteiger partial charge in [0.25, 0.3) is 0 Å². The number of hydrogen-bond acceptors (Lipinski definition) is 3. The van der Waals surface area contributed by atoms with E-state index in [1.807, 2.05) is 32.1 Å². The molecule has 1 N–H and O–H groups in total. The molecule has 0 atom stereocenters. The molecule has 112 valence electrons. The number of allylic oxidation sites excluding steroid dienone is 1.